The van der Waals surface area contributed by atoms with E-state index in [1.54, 1.807) is 0 Å². The lowest BCUT2D eigenvalue weighted by molar-refractivity contribution is 0.333. The number of rotatable bonds is 2. The fourth-order valence-corrected chi connectivity index (χ4v) is 3.29. The molecular formula is C15H16BClO2S. The molecule has 0 saturated heterocycles. The number of hydrogen-bond donors (Lipinski definition) is 0. The van der Waals surface area contributed by atoms with Crippen LogP contribution in [0, 0.1) is 0 Å². The highest BCUT2D eigenvalue weighted by molar-refractivity contribution is 7.85. The van der Waals surface area contributed by atoms with Crippen molar-refractivity contribution in [3.05, 3.63) is 54.1 Å². The van der Waals surface area contributed by atoms with Gasteiger partial charge in [-0.3, -0.25) is 0 Å². The van der Waals surface area contributed by atoms with Crippen LogP contribution in [0.15, 0.2) is 58.3 Å². The molecule has 1 aliphatic rings. The van der Waals surface area contributed by atoms with E-state index in [-0.39, 0.29) is 6.92 Å². The molecule has 3 rings (SSSR count). The minimum Gasteiger partial charge on any atom is -0.427 e. The molecule has 2 aromatic rings. The summed E-state index contributed by atoms with van der Waals surface area (Å²) in [6, 6.07) is 15.5. The third kappa shape index (κ3) is 3.14. The lowest BCUT2D eigenvalue weighted by Gasteiger charge is -2.05. The molecule has 0 spiro atoms. The van der Waals surface area contributed by atoms with Gasteiger partial charge in [0.05, 0.1) is 17.4 Å². The molecule has 0 saturated carbocycles. The zero-order chi connectivity index (χ0) is 14.5. The van der Waals surface area contributed by atoms with Crippen molar-refractivity contribution in [3.8, 4) is 0 Å². The van der Waals surface area contributed by atoms with Crippen LogP contribution in [0.5, 0.6) is 0 Å². The van der Waals surface area contributed by atoms with Gasteiger partial charge < -0.3 is 4.65 Å². The van der Waals surface area contributed by atoms with E-state index in [4.69, 9.17) is 4.65 Å². The molecule has 0 aliphatic carbocycles. The van der Waals surface area contributed by atoms with Crippen LogP contribution in [0.3, 0.4) is 0 Å². The van der Waals surface area contributed by atoms with Gasteiger partial charge in [-0.15, -0.1) is 11.6 Å². The van der Waals surface area contributed by atoms with E-state index in [0.29, 0.717) is 6.61 Å². The van der Waals surface area contributed by atoms with E-state index in [1.165, 1.54) is 11.9 Å². The summed E-state index contributed by atoms with van der Waals surface area (Å²) in [5.74, 6) is 0. The molecule has 0 radical (unpaired) electrons. The summed E-state index contributed by atoms with van der Waals surface area (Å²) < 4.78 is 18.0. The van der Waals surface area contributed by atoms with Gasteiger partial charge in [0.1, 0.15) is 0 Å². The van der Waals surface area contributed by atoms with Crippen molar-refractivity contribution in [2.45, 2.75) is 23.2 Å². The van der Waals surface area contributed by atoms with Gasteiger partial charge in [-0.2, -0.15) is 0 Å². The molecule has 1 unspecified atom stereocenters. The molecule has 0 amide bonds. The average Bonchev–Trinajstić information content (AvgIpc) is 2.90. The third-order valence-corrected chi connectivity index (χ3v) is 4.60. The smallest absolute Gasteiger partial charge is 0.324 e. The second-order valence-corrected chi connectivity index (χ2v) is 5.88. The van der Waals surface area contributed by atoms with E-state index in [9.17, 15) is 4.21 Å². The van der Waals surface area contributed by atoms with E-state index in [0.717, 1.165) is 15.3 Å². The Kier molecular flexibility index (Phi) is 5.41. The number of fused-ring (bicyclic) bond motifs is 1. The number of halogens is 1. The van der Waals surface area contributed by atoms with Crippen LogP contribution < -0.4 is 5.46 Å². The minimum absolute atomic E-state index is 0.104. The number of benzene rings is 2. The first kappa shape index (κ1) is 15.3. The minimum atomic E-state index is -1.11. The maximum atomic E-state index is 12.4. The monoisotopic (exact) mass is 306 g/mol. The van der Waals surface area contributed by atoms with Gasteiger partial charge in [0, 0.05) is 16.2 Å². The SMILES string of the molecule is CB1OCc2ccc(S(=O)c3ccccc3)cc21.CCl. The fourth-order valence-electron chi connectivity index (χ4n) is 2.18. The van der Waals surface area contributed by atoms with E-state index in [2.05, 4.69) is 11.6 Å². The predicted molar refractivity (Wildman–Crippen MR) is 85.4 cm³/mol. The Balaban J connectivity index is 0.000000704. The molecule has 2 aromatic carbocycles. The molecule has 0 bridgehead atoms. The van der Waals surface area contributed by atoms with Gasteiger partial charge in [-0.25, -0.2) is 4.21 Å². The lowest BCUT2D eigenvalue weighted by Crippen LogP contribution is -2.24. The molecule has 5 heteroatoms. The number of hydrogen-bond acceptors (Lipinski definition) is 2. The predicted octanol–water partition coefficient (Wildman–Crippen LogP) is 3.07. The summed E-state index contributed by atoms with van der Waals surface area (Å²) in [5, 5.41) is 0. The zero-order valence-corrected chi connectivity index (χ0v) is 13.1. The Hall–Kier alpha value is -1.10. The normalized spacial score (nSPS) is 14.2. The molecular weight excluding hydrogens is 290 g/mol. The van der Waals surface area contributed by atoms with E-state index in [1.807, 2.05) is 55.4 Å². The Morgan fingerprint density at radius 2 is 1.80 bits per heavy atom. The lowest BCUT2D eigenvalue weighted by atomic mass is 9.64. The van der Waals surface area contributed by atoms with Crippen LogP contribution in [0.1, 0.15) is 5.56 Å². The third-order valence-electron chi connectivity index (χ3n) is 3.22. The standard InChI is InChI=1S/C14H13BO2S.CH3Cl/c1-15-14-9-13(8-7-11(14)10-17-15)18(16)12-5-3-2-4-6-12;1-2/h2-9H,10H2,1H3;1H3. The van der Waals surface area contributed by atoms with Crippen molar-refractivity contribution in [1.82, 2.24) is 0 Å². The Bertz CT molecular complexity index is 604. The topological polar surface area (TPSA) is 26.3 Å². The molecule has 0 fully saturated rings. The van der Waals surface area contributed by atoms with E-state index < -0.39 is 10.8 Å². The van der Waals surface area contributed by atoms with Gasteiger partial charge in [-0.05, 0) is 35.3 Å². The average molecular weight is 307 g/mol. The summed E-state index contributed by atoms with van der Waals surface area (Å²) >= 11 is 4.64. The Morgan fingerprint density at radius 3 is 2.50 bits per heavy atom. The first-order valence-corrected chi connectivity index (χ1v) is 8.25. The van der Waals surface area contributed by atoms with Gasteiger partial charge in [0.15, 0.2) is 0 Å². The first-order valence-electron chi connectivity index (χ1n) is 6.35. The molecule has 1 atom stereocenters. The summed E-state index contributed by atoms with van der Waals surface area (Å²) in [4.78, 5) is 1.68. The van der Waals surface area contributed by atoms with Gasteiger partial charge in [0.25, 0.3) is 0 Å². The van der Waals surface area contributed by atoms with Crippen molar-refractivity contribution in [2.24, 2.45) is 0 Å². The summed E-state index contributed by atoms with van der Waals surface area (Å²) in [6.45, 7) is 2.79. The van der Waals surface area contributed by atoms with Crippen LogP contribution in [-0.2, 0) is 22.1 Å². The van der Waals surface area contributed by atoms with Crippen LogP contribution in [0.25, 0.3) is 0 Å². The van der Waals surface area contributed by atoms with Gasteiger partial charge in [-0.1, -0.05) is 31.1 Å². The highest BCUT2D eigenvalue weighted by Crippen LogP contribution is 2.19. The molecule has 0 aromatic heterocycles. The maximum Gasteiger partial charge on any atom is 0.324 e. The van der Waals surface area contributed by atoms with Crippen LogP contribution in [0.2, 0.25) is 6.82 Å². The van der Waals surface area contributed by atoms with E-state index >= 15 is 0 Å². The van der Waals surface area contributed by atoms with Crippen molar-refractivity contribution >= 4 is 34.8 Å². The molecule has 104 valence electrons. The van der Waals surface area contributed by atoms with Crippen molar-refractivity contribution in [1.29, 1.82) is 0 Å². The maximum absolute atomic E-state index is 12.4. The summed E-state index contributed by atoms with van der Waals surface area (Å²) in [5.41, 5.74) is 2.37. The van der Waals surface area contributed by atoms with Crippen LogP contribution in [-0.4, -0.2) is 17.5 Å². The first-order chi connectivity index (χ1) is 9.75. The quantitative estimate of drug-likeness (QED) is 0.629. The highest BCUT2D eigenvalue weighted by atomic mass is 35.5. The Labute approximate surface area is 127 Å². The molecule has 0 N–H and O–H groups in total. The molecule has 2 nitrogen and oxygen atoms in total. The molecule has 1 heterocycles. The van der Waals surface area contributed by atoms with Crippen molar-refractivity contribution in [2.75, 3.05) is 6.38 Å². The zero-order valence-electron chi connectivity index (χ0n) is 11.5. The van der Waals surface area contributed by atoms with Crippen molar-refractivity contribution in [3.63, 3.8) is 0 Å². The highest BCUT2D eigenvalue weighted by Gasteiger charge is 2.24. The fraction of sp³-hybridized carbons (Fsp3) is 0.200. The van der Waals surface area contributed by atoms with Crippen LogP contribution >= 0.6 is 11.6 Å². The molecule has 1 aliphatic heterocycles. The van der Waals surface area contributed by atoms with Crippen LogP contribution in [0.4, 0.5) is 0 Å². The largest absolute Gasteiger partial charge is 0.427 e. The Morgan fingerprint density at radius 1 is 1.10 bits per heavy atom. The van der Waals surface area contributed by atoms with Crippen molar-refractivity contribution < 1.29 is 8.86 Å². The van der Waals surface area contributed by atoms with Gasteiger partial charge >= 0.3 is 6.92 Å². The summed E-state index contributed by atoms with van der Waals surface area (Å²) in [6.07, 6.45) is 1.47. The second-order valence-electron chi connectivity index (χ2n) is 4.40. The second kappa shape index (κ2) is 7.07. The molecule has 20 heavy (non-hydrogen) atoms. The van der Waals surface area contributed by atoms with Gasteiger partial charge in [0.2, 0.25) is 0 Å². The number of alkyl halides is 1. The summed E-state index contributed by atoms with van der Waals surface area (Å²) in [7, 11) is -1.11.